The van der Waals surface area contributed by atoms with E-state index in [1.54, 1.807) is 18.4 Å². The lowest BCUT2D eigenvalue weighted by Crippen LogP contribution is -2.04. The van der Waals surface area contributed by atoms with Crippen molar-refractivity contribution in [1.82, 2.24) is 4.98 Å². The normalized spacial score (nSPS) is 15.3. The fourth-order valence-corrected chi connectivity index (χ4v) is 4.34. The summed E-state index contributed by atoms with van der Waals surface area (Å²) in [5.41, 5.74) is 4.63. The maximum Gasteiger partial charge on any atom is 0.209 e. The highest BCUT2D eigenvalue weighted by atomic mass is 32.1. The number of thiazole rings is 1. The van der Waals surface area contributed by atoms with Gasteiger partial charge in [-0.3, -0.25) is 0 Å². The van der Waals surface area contributed by atoms with E-state index in [2.05, 4.69) is 39.6 Å². The number of methoxy groups -OCH3 is 1. The lowest BCUT2D eigenvalue weighted by molar-refractivity contribution is 0.415. The van der Waals surface area contributed by atoms with Crippen molar-refractivity contribution in [3.63, 3.8) is 0 Å². The van der Waals surface area contributed by atoms with Crippen molar-refractivity contribution in [3.8, 4) is 17.0 Å². The Morgan fingerprint density at radius 3 is 2.67 bits per heavy atom. The van der Waals surface area contributed by atoms with E-state index >= 15 is 0 Å². The molecular formula is C23H24N2OS. The Bertz CT molecular complexity index is 908. The second-order valence-electron chi connectivity index (χ2n) is 7.01. The molecule has 0 radical (unpaired) electrons. The van der Waals surface area contributed by atoms with Crippen LogP contribution in [0.2, 0.25) is 0 Å². The lowest BCUT2D eigenvalue weighted by atomic mass is 9.84. The average molecular weight is 377 g/mol. The molecule has 1 aromatic heterocycles. The highest BCUT2D eigenvalue weighted by molar-refractivity contribution is 7.13. The van der Waals surface area contributed by atoms with Crippen molar-refractivity contribution in [2.45, 2.75) is 38.0 Å². The van der Waals surface area contributed by atoms with Gasteiger partial charge in [-0.15, -0.1) is 11.3 Å². The Morgan fingerprint density at radius 2 is 1.89 bits per heavy atom. The summed E-state index contributed by atoms with van der Waals surface area (Å²) in [4.78, 5) is 9.19. The first-order chi connectivity index (χ1) is 13.3. The van der Waals surface area contributed by atoms with Gasteiger partial charge in [0.2, 0.25) is 5.13 Å². The molecule has 27 heavy (non-hydrogen) atoms. The molecule has 4 rings (SSSR count). The summed E-state index contributed by atoms with van der Waals surface area (Å²) in [7, 11) is 1.67. The highest BCUT2D eigenvalue weighted by Gasteiger charge is 2.15. The molecule has 1 saturated carbocycles. The summed E-state index contributed by atoms with van der Waals surface area (Å²) in [5.74, 6) is 1.57. The molecule has 0 saturated heterocycles. The summed E-state index contributed by atoms with van der Waals surface area (Å²) in [5, 5.41) is 2.85. The van der Waals surface area contributed by atoms with Crippen molar-refractivity contribution in [2.24, 2.45) is 4.99 Å². The second kappa shape index (κ2) is 8.49. The van der Waals surface area contributed by atoms with Gasteiger partial charge in [-0.2, -0.15) is 0 Å². The zero-order valence-electron chi connectivity index (χ0n) is 15.6. The third-order valence-corrected chi connectivity index (χ3v) is 5.94. The van der Waals surface area contributed by atoms with E-state index in [0.717, 1.165) is 33.6 Å². The zero-order valence-corrected chi connectivity index (χ0v) is 16.4. The first-order valence-electron chi connectivity index (χ1n) is 9.56. The average Bonchev–Trinajstić information content (AvgIpc) is 3.22. The standard InChI is InChI=1S/C23H24N2OS/c1-26-21-9-5-6-17(14-21)15-24-23-25-22(16-27-23)20-12-10-19(11-13-20)18-7-3-2-4-8-18/h5-6,9-16,18H,2-4,7-8H2,1H3. The summed E-state index contributed by atoms with van der Waals surface area (Å²) < 4.78 is 5.25. The van der Waals surface area contributed by atoms with Crippen molar-refractivity contribution in [2.75, 3.05) is 7.11 Å². The van der Waals surface area contributed by atoms with Gasteiger partial charge >= 0.3 is 0 Å². The summed E-state index contributed by atoms with van der Waals surface area (Å²) in [6.07, 6.45) is 8.63. The van der Waals surface area contributed by atoms with Crippen molar-refractivity contribution >= 4 is 22.7 Å². The molecule has 0 bridgehead atoms. The van der Waals surface area contributed by atoms with E-state index in [1.807, 2.05) is 30.5 Å². The van der Waals surface area contributed by atoms with E-state index in [1.165, 1.54) is 37.7 Å². The van der Waals surface area contributed by atoms with Gasteiger partial charge in [0.1, 0.15) is 5.75 Å². The Kier molecular flexibility index (Phi) is 5.64. The summed E-state index contributed by atoms with van der Waals surface area (Å²) in [6.45, 7) is 0. The number of nitrogens with zero attached hydrogens (tertiary/aromatic N) is 2. The molecule has 138 valence electrons. The van der Waals surface area contributed by atoms with Crippen LogP contribution in [0.3, 0.4) is 0 Å². The topological polar surface area (TPSA) is 34.5 Å². The predicted octanol–water partition coefficient (Wildman–Crippen LogP) is 6.62. The Labute approximate surface area is 164 Å². The molecule has 1 fully saturated rings. The van der Waals surface area contributed by atoms with Crippen molar-refractivity contribution in [3.05, 3.63) is 65.0 Å². The van der Waals surface area contributed by atoms with E-state index in [-0.39, 0.29) is 0 Å². The van der Waals surface area contributed by atoms with Gasteiger partial charge in [-0.25, -0.2) is 9.98 Å². The van der Waals surface area contributed by atoms with Gasteiger partial charge in [0, 0.05) is 17.2 Å². The van der Waals surface area contributed by atoms with Crippen LogP contribution < -0.4 is 4.74 Å². The first-order valence-corrected chi connectivity index (χ1v) is 10.4. The van der Waals surface area contributed by atoms with Crippen LogP contribution in [0.4, 0.5) is 5.13 Å². The summed E-state index contributed by atoms with van der Waals surface area (Å²) in [6, 6.07) is 16.8. The molecule has 0 atom stereocenters. The van der Waals surface area contributed by atoms with E-state index < -0.39 is 0 Å². The molecule has 0 aliphatic heterocycles. The SMILES string of the molecule is COc1cccc(C=Nc2nc(-c3ccc(C4CCCCC4)cc3)cs2)c1. The minimum Gasteiger partial charge on any atom is -0.497 e. The third-order valence-electron chi connectivity index (χ3n) is 5.19. The fraction of sp³-hybridized carbons (Fsp3) is 0.304. The molecule has 0 amide bonds. The van der Waals surface area contributed by atoms with Gasteiger partial charge in [0.05, 0.1) is 12.8 Å². The van der Waals surface area contributed by atoms with Crippen LogP contribution in [0.5, 0.6) is 5.75 Å². The highest BCUT2D eigenvalue weighted by Crippen LogP contribution is 2.34. The minimum absolute atomic E-state index is 0.742. The van der Waals surface area contributed by atoms with Gasteiger partial charge in [0.25, 0.3) is 0 Å². The number of rotatable bonds is 5. The molecule has 3 nitrogen and oxygen atoms in total. The van der Waals surface area contributed by atoms with Crippen LogP contribution in [0.1, 0.15) is 49.1 Å². The molecule has 0 spiro atoms. The maximum atomic E-state index is 5.25. The van der Waals surface area contributed by atoms with Gasteiger partial charge < -0.3 is 4.74 Å². The van der Waals surface area contributed by atoms with E-state index in [9.17, 15) is 0 Å². The third kappa shape index (κ3) is 4.45. The van der Waals surface area contributed by atoms with Crippen LogP contribution in [0, 0.1) is 0 Å². The number of aliphatic imine (C=N–C) groups is 1. The smallest absolute Gasteiger partial charge is 0.209 e. The van der Waals surface area contributed by atoms with Crippen LogP contribution in [-0.2, 0) is 0 Å². The number of hydrogen-bond acceptors (Lipinski definition) is 4. The lowest BCUT2D eigenvalue weighted by Gasteiger charge is -2.22. The Hall–Kier alpha value is -2.46. The molecule has 1 aliphatic rings. The van der Waals surface area contributed by atoms with Crippen LogP contribution in [0.25, 0.3) is 11.3 Å². The molecule has 1 heterocycles. The number of ether oxygens (including phenoxy) is 1. The van der Waals surface area contributed by atoms with Crippen LogP contribution in [0.15, 0.2) is 58.9 Å². The molecule has 4 heteroatoms. The molecule has 0 unspecified atom stereocenters. The zero-order chi connectivity index (χ0) is 18.5. The molecule has 2 aromatic carbocycles. The fourth-order valence-electron chi connectivity index (χ4n) is 3.67. The number of hydrogen-bond donors (Lipinski definition) is 0. The Morgan fingerprint density at radius 1 is 1.07 bits per heavy atom. The van der Waals surface area contributed by atoms with Crippen molar-refractivity contribution in [1.29, 1.82) is 0 Å². The van der Waals surface area contributed by atoms with Crippen molar-refractivity contribution < 1.29 is 4.74 Å². The number of benzene rings is 2. The summed E-state index contributed by atoms with van der Waals surface area (Å²) >= 11 is 1.57. The van der Waals surface area contributed by atoms with Gasteiger partial charge in [0.15, 0.2) is 0 Å². The van der Waals surface area contributed by atoms with E-state index in [4.69, 9.17) is 4.74 Å². The monoisotopic (exact) mass is 376 g/mol. The first kappa shape index (κ1) is 17.9. The molecule has 3 aromatic rings. The Balaban J connectivity index is 1.46. The predicted molar refractivity (Wildman–Crippen MR) is 114 cm³/mol. The second-order valence-corrected chi connectivity index (χ2v) is 7.84. The molecule has 0 N–H and O–H groups in total. The maximum absolute atomic E-state index is 5.25. The van der Waals surface area contributed by atoms with Crippen LogP contribution in [-0.4, -0.2) is 18.3 Å². The van der Waals surface area contributed by atoms with Crippen LogP contribution >= 0.6 is 11.3 Å². The largest absolute Gasteiger partial charge is 0.497 e. The molecular weight excluding hydrogens is 352 g/mol. The minimum atomic E-state index is 0.742. The van der Waals surface area contributed by atoms with E-state index in [0.29, 0.717) is 0 Å². The quantitative estimate of drug-likeness (QED) is 0.469. The molecule has 1 aliphatic carbocycles. The van der Waals surface area contributed by atoms with Gasteiger partial charge in [-0.05, 0) is 42.0 Å². The van der Waals surface area contributed by atoms with Gasteiger partial charge in [-0.1, -0.05) is 55.7 Å². The number of aromatic nitrogens is 1.